The summed E-state index contributed by atoms with van der Waals surface area (Å²) >= 11 is 0. The first kappa shape index (κ1) is 20.7. The Morgan fingerprint density at radius 2 is 1.87 bits per heavy atom. The molecular formula is C22H22N6O2. The van der Waals surface area contributed by atoms with E-state index in [-0.39, 0.29) is 29.2 Å². The molecule has 2 aromatic heterocycles. The van der Waals surface area contributed by atoms with Crippen molar-refractivity contribution in [2.45, 2.75) is 26.2 Å². The predicted octanol–water partition coefficient (Wildman–Crippen LogP) is 2.80. The van der Waals surface area contributed by atoms with E-state index in [9.17, 15) is 14.9 Å². The van der Waals surface area contributed by atoms with Gasteiger partial charge in [0.2, 0.25) is 5.91 Å². The van der Waals surface area contributed by atoms with Crippen LogP contribution in [0, 0.1) is 11.3 Å². The maximum atomic E-state index is 12.4. The molecule has 0 saturated heterocycles. The van der Waals surface area contributed by atoms with Crippen LogP contribution in [0.4, 0.5) is 5.82 Å². The third-order valence-corrected chi connectivity index (χ3v) is 4.44. The molecule has 0 radical (unpaired) electrons. The summed E-state index contributed by atoms with van der Waals surface area (Å²) in [6.45, 7) is 6.03. The van der Waals surface area contributed by atoms with Gasteiger partial charge in [0, 0.05) is 11.8 Å². The second-order valence-electron chi connectivity index (χ2n) is 7.68. The molecule has 30 heavy (non-hydrogen) atoms. The summed E-state index contributed by atoms with van der Waals surface area (Å²) in [5.74, 6) is -0.185. The van der Waals surface area contributed by atoms with Gasteiger partial charge in [-0.2, -0.15) is 15.0 Å². The third kappa shape index (κ3) is 4.70. The first-order chi connectivity index (χ1) is 14.3. The largest absolute Gasteiger partial charge is 0.343 e. The van der Waals surface area contributed by atoms with Crippen LogP contribution >= 0.6 is 0 Å². The van der Waals surface area contributed by atoms with Crippen molar-refractivity contribution in [3.63, 3.8) is 0 Å². The summed E-state index contributed by atoms with van der Waals surface area (Å²) in [5.41, 5.74) is 1.76. The smallest absolute Gasteiger partial charge is 0.251 e. The zero-order valence-corrected chi connectivity index (χ0v) is 17.0. The van der Waals surface area contributed by atoms with Crippen molar-refractivity contribution in [2.24, 2.45) is 0 Å². The number of hydrogen-bond acceptors (Lipinski definition) is 5. The van der Waals surface area contributed by atoms with E-state index in [1.165, 1.54) is 10.9 Å². The van der Waals surface area contributed by atoms with Crippen molar-refractivity contribution in [1.29, 1.82) is 5.26 Å². The van der Waals surface area contributed by atoms with Crippen LogP contribution in [0.5, 0.6) is 0 Å². The molecule has 0 bridgehead atoms. The van der Waals surface area contributed by atoms with E-state index in [2.05, 4.69) is 41.5 Å². The van der Waals surface area contributed by atoms with Crippen molar-refractivity contribution in [1.82, 2.24) is 20.1 Å². The van der Waals surface area contributed by atoms with Gasteiger partial charge in [-0.25, -0.2) is 4.98 Å². The van der Waals surface area contributed by atoms with Crippen LogP contribution in [0.25, 0.3) is 5.82 Å². The van der Waals surface area contributed by atoms with Crippen LogP contribution < -0.4 is 10.6 Å². The molecule has 2 amide bonds. The Hall–Kier alpha value is -3.99. The molecular weight excluding hydrogens is 380 g/mol. The lowest BCUT2D eigenvalue weighted by atomic mass is 9.87. The van der Waals surface area contributed by atoms with Gasteiger partial charge in [-0.1, -0.05) is 39.0 Å². The summed E-state index contributed by atoms with van der Waals surface area (Å²) in [5, 5.41) is 18.6. The van der Waals surface area contributed by atoms with Crippen LogP contribution in [-0.2, 0) is 10.2 Å². The summed E-state index contributed by atoms with van der Waals surface area (Å²) < 4.78 is 1.36. The molecule has 0 unspecified atom stereocenters. The van der Waals surface area contributed by atoms with Crippen molar-refractivity contribution in [2.75, 3.05) is 11.9 Å². The molecule has 8 nitrogen and oxygen atoms in total. The highest BCUT2D eigenvalue weighted by Gasteiger charge is 2.17. The Morgan fingerprint density at radius 1 is 1.13 bits per heavy atom. The number of hydrogen-bond donors (Lipinski definition) is 2. The highest BCUT2D eigenvalue weighted by Crippen LogP contribution is 2.22. The zero-order chi connectivity index (χ0) is 21.7. The minimum atomic E-state index is -0.483. The Kier molecular flexibility index (Phi) is 5.93. The summed E-state index contributed by atoms with van der Waals surface area (Å²) in [6, 6.07) is 14.5. The van der Waals surface area contributed by atoms with Gasteiger partial charge in [0.15, 0.2) is 11.6 Å². The standard InChI is InChI=1S/C22H22N6O2/c1-22(2,3)17-9-7-15(8-10-17)21(30)25-14-19(29)27-20-16(12-23)13-26-28(20)18-6-4-5-11-24-18/h4-11,13H,14H2,1-3H3,(H,25,30)(H,27,29). The van der Waals surface area contributed by atoms with Gasteiger partial charge in [0.1, 0.15) is 11.6 Å². The average Bonchev–Trinajstić information content (AvgIpc) is 3.14. The fourth-order valence-corrected chi connectivity index (χ4v) is 2.76. The maximum Gasteiger partial charge on any atom is 0.251 e. The number of rotatable bonds is 5. The molecule has 0 atom stereocenters. The predicted molar refractivity (Wildman–Crippen MR) is 112 cm³/mol. The van der Waals surface area contributed by atoms with Crippen LogP contribution in [-0.4, -0.2) is 33.1 Å². The van der Waals surface area contributed by atoms with E-state index in [1.807, 2.05) is 18.2 Å². The number of nitrogens with one attached hydrogen (secondary N) is 2. The fraction of sp³-hybridized carbons (Fsp3) is 0.227. The number of nitrogens with zero attached hydrogens (tertiary/aromatic N) is 4. The molecule has 0 saturated carbocycles. The van der Waals surface area contributed by atoms with E-state index in [1.54, 1.807) is 36.5 Å². The molecule has 0 fully saturated rings. The summed E-state index contributed by atoms with van der Waals surface area (Å²) in [4.78, 5) is 28.9. The topological polar surface area (TPSA) is 113 Å². The Bertz CT molecular complexity index is 1090. The number of benzene rings is 1. The van der Waals surface area contributed by atoms with E-state index < -0.39 is 5.91 Å². The number of nitriles is 1. The second kappa shape index (κ2) is 8.57. The molecule has 1 aromatic carbocycles. The number of carbonyl (C=O) groups is 2. The van der Waals surface area contributed by atoms with Gasteiger partial charge in [-0.05, 0) is 35.2 Å². The number of amides is 2. The first-order valence-corrected chi connectivity index (χ1v) is 9.37. The molecule has 0 spiro atoms. The van der Waals surface area contributed by atoms with Crippen LogP contribution in [0.15, 0.2) is 54.9 Å². The molecule has 0 aliphatic heterocycles. The average molecular weight is 402 g/mol. The molecule has 2 heterocycles. The number of aromatic nitrogens is 3. The van der Waals surface area contributed by atoms with Gasteiger partial charge < -0.3 is 10.6 Å². The molecule has 0 aliphatic carbocycles. The highest BCUT2D eigenvalue weighted by atomic mass is 16.2. The number of anilines is 1. The van der Waals surface area contributed by atoms with Gasteiger partial charge in [0.05, 0.1) is 12.7 Å². The lowest BCUT2D eigenvalue weighted by Crippen LogP contribution is -2.33. The van der Waals surface area contributed by atoms with Crippen LogP contribution in [0.2, 0.25) is 0 Å². The molecule has 3 rings (SSSR count). The third-order valence-electron chi connectivity index (χ3n) is 4.44. The first-order valence-electron chi connectivity index (χ1n) is 9.37. The van der Waals surface area contributed by atoms with E-state index >= 15 is 0 Å². The number of pyridine rings is 1. The van der Waals surface area contributed by atoms with Gasteiger partial charge in [-0.15, -0.1) is 0 Å². The Morgan fingerprint density at radius 3 is 2.47 bits per heavy atom. The van der Waals surface area contributed by atoms with Crippen LogP contribution in [0.3, 0.4) is 0 Å². The minimum absolute atomic E-state index is 0.0100. The minimum Gasteiger partial charge on any atom is -0.343 e. The van der Waals surface area contributed by atoms with Gasteiger partial charge in [0.25, 0.3) is 5.91 Å². The lowest BCUT2D eigenvalue weighted by Gasteiger charge is -2.19. The monoisotopic (exact) mass is 402 g/mol. The SMILES string of the molecule is CC(C)(C)c1ccc(C(=O)NCC(=O)Nc2c(C#N)cnn2-c2ccccn2)cc1. The normalized spacial score (nSPS) is 10.9. The molecule has 8 heteroatoms. The maximum absolute atomic E-state index is 12.4. The van der Waals surface area contributed by atoms with Crippen molar-refractivity contribution in [3.8, 4) is 11.9 Å². The van der Waals surface area contributed by atoms with E-state index in [4.69, 9.17) is 0 Å². The molecule has 3 aromatic rings. The fourth-order valence-electron chi connectivity index (χ4n) is 2.76. The van der Waals surface area contributed by atoms with Crippen LogP contribution in [0.1, 0.15) is 42.3 Å². The zero-order valence-electron chi connectivity index (χ0n) is 17.0. The molecule has 2 N–H and O–H groups in total. The van der Waals surface area contributed by atoms with Crippen molar-refractivity contribution >= 4 is 17.6 Å². The second-order valence-corrected chi connectivity index (χ2v) is 7.68. The van der Waals surface area contributed by atoms with E-state index in [0.717, 1.165) is 5.56 Å². The molecule has 0 aliphatic rings. The number of carbonyl (C=O) groups excluding carboxylic acids is 2. The van der Waals surface area contributed by atoms with Gasteiger partial charge >= 0.3 is 0 Å². The quantitative estimate of drug-likeness (QED) is 0.681. The summed E-state index contributed by atoms with van der Waals surface area (Å²) in [7, 11) is 0. The van der Waals surface area contributed by atoms with E-state index in [0.29, 0.717) is 11.4 Å². The molecule has 152 valence electrons. The summed E-state index contributed by atoms with van der Waals surface area (Å²) in [6.07, 6.45) is 2.93. The van der Waals surface area contributed by atoms with Crippen molar-refractivity contribution < 1.29 is 9.59 Å². The Balaban J connectivity index is 1.66. The lowest BCUT2D eigenvalue weighted by molar-refractivity contribution is -0.115. The van der Waals surface area contributed by atoms with Gasteiger partial charge in [-0.3, -0.25) is 9.59 Å². The Labute approximate surface area is 174 Å². The highest BCUT2D eigenvalue weighted by molar-refractivity contribution is 5.99. The van der Waals surface area contributed by atoms with Crippen molar-refractivity contribution in [3.05, 3.63) is 71.5 Å².